The van der Waals surface area contributed by atoms with E-state index < -0.39 is 5.97 Å². The molecule has 11 nitrogen and oxygen atoms in total. The van der Waals surface area contributed by atoms with Crippen LogP contribution in [0.2, 0.25) is 0 Å². The van der Waals surface area contributed by atoms with Gasteiger partial charge in [0.15, 0.2) is 0 Å². The van der Waals surface area contributed by atoms with Gasteiger partial charge < -0.3 is 34.9 Å². The van der Waals surface area contributed by atoms with Gasteiger partial charge in [-0.25, -0.2) is 14.8 Å². The lowest BCUT2D eigenvalue weighted by molar-refractivity contribution is -0.111. The summed E-state index contributed by atoms with van der Waals surface area (Å²) in [5, 5.41) is 7.02. The monoisotopic (exact) mass is 585 g/mol. The zero-order valence-corrected chi connectivity index (χ0v) is 25.5. The lowest BCUT2D eigenvalue weighted by Crippen LogP contribution is -2.29. The molecule has 0 unspecified atom stereocenters. The molecule has 3 N–H and O–H groups in total. The van der Waals surface area contributed by atoms with Crippen LogP contribution in [0.15, 0.2) is 61.4 Å². The minimum Gasteiger partial charge on any atom is -0.494 e. The summed E-state index contributed by atoms with van der Waals surface area (Å²) in [7, 11) is 7.52. The molecule has 2 aromatic carbocycles. The van der Waals surface area contributed by atoms with Gasteiger partial charge in [0, 0.05) is 55.1 Å². The number of H-pyrrole nitrogens is 1. The standard InChI is InChI=1S/C32H39N7O4/c1-8-29(40)35-25-15-26(28(42-7)16-27(25)39(6)14-13-38(4)5)36-32-34-18-23(31(41)43-19-20(2)3)30(37-32)22-17-33-24-12-10-9-11-21(22)24/h8-12,15-18,20,33H,1,13-14,19H2,2-7H3,(H,35,40)(H,34,36,37). The Kier molecular flexibility index (Phi) is 9.99. The molecule has 0 spiro atoms. The molecule has 0 aliphatic rings. The molecule has 0 atom stereocenters. The van der Waals surface area contributed by atoms with E-state index in [1.165, 1.54) is 12.3 Å². The highest BCUT2D eigenvalue weighted by atomic mass is 16.5. The number of esters is 1. The van der Waals surface area contributed by atoms with Crippen LogP contribution in [0.5, 0.6) is 5.75 Å². The van der Waals surface area contributed by atoms with Crippen molar-refractivity contribution in [2.75, 3.05) is 63.5 Å². The summed E-state index contributed by atoms with van der Waals surface area (Å²) in [4.78, 5) is 42.1. The fraction of sp³-hybridized carbons (Fsp3) is 0.312. The molecular formula is C32H39N7O4. The Morgan fingerprint density at radius 3 is 2.58 bits per heavy atom. The number of nitrogens with one attached hydrogen (secondary N) is 3. The predicted molar refractivity (Wildman–Crippen MR) is 171 cm³/mol. The third-order valence-electron chi connectivity index (χ3n) is 6.70. The van der Waals surface area contributed by atoms with E-state index in [1.54, 1.807) is 13.2 Å². The lowest BCUT2D eigenvalue weighted by atomic mass is 10.1. The zero-order chi connectivity index (χ0) is 31.1. The first-order chi connectivity index (χ1) is 20.6. The second-order valence-electron chi connectivity index (χ2n) is 10.8. The zero-order valence-electron chi connectivity index (χ0n) is 25.5. The van der Waals surface area contributed by atoms with Crippen molar-refractivity contribution < 1.29 is 19.1 Å². The number of carbonyl (C=O) groups excluding carboxylic acids is 2. The smallest absolute Gasteiger partial charge is 0.341 e. The Bertz CT molecular complexity index is 1610. The van der Waals surface area contributed by atoms with Gasteiger partial charge in [-0.15, -0.1) is 0 Å². The number of methoxy groups -OCH3 is 1. The molecule has 2 heterocycles. The quantitative estimate of drug-likeness (QED) is 0.141. The average molecular weight is 586 g/mol. The van der Waals surface area contributed by atoms with Crippen molar-refractivity contribution in [3.63, 3.8) is 0 Å². The van der Waals surface area contributed by atoms with E-state index in [0.29, 0.717) is 29.4 Å². The number of hydrogen-bond acceptors (Lipinski definition) is 9. The maximum absolute atomic E-state index is 13.1. The summed E-state index contributed by atoms with van der Waals surface area (Å²) in [6.45, 7) is 9.33. The SMILES string of the molecule is C=CC(=O)Nc1cc(Nc2ncc(C(=O)OCC(C)C)c(-c3c[nH]c4ccccc34)n2)c(OC)cc1N(C)CCN(C)C. The van der Waals surface area contributed by atoms with Crippen molar-refractivity contribution in [2.45, 2.75) is 13.8 Å². The Balaban J connectivity index is 1.78. The number of nitrogens with zero attached hydrogens (tertiary/aromatic N) is 4. The number of likely N-dealkylation sites (N-methyl/N-ethyl adjacent to an activating group) is 2. The van der Waals surface area contributed by atoms with E-state index in [1.807, 2.05) is 76.4 Å². The van der Waals surface area contributed by atoms with Crippen LogP contribution in [0.25, 0.3) is 22.2 Å². The van der Waals surface area contributed by atoms with Gasteiger partial charge in [0.25, 0.3) is 0 Å². The van der Waals surface area contributed by atoms with Crippen LogP contribution in [-0.4, -0.2) is 79.7 Å². The molecule has 11 heteroatoms. The van der Waals surface area contributed by atoms with Crippen molar-refractivity contribution in [1.29, 1.82) is 0 Å². The van der Waals surface area contributed by atoms with E-state index in [0.717, 1.165) is 28.7 Å². The molecule has 0 aliphatic heterocycles. The highest BCUT2D eigenvalue weighted by molar-refractivity contribution is 6.03. The van der Waals surface area contributed by atoms with Crippen LogP contribution in [0.1, 0.15) is 24.2 Å². The number of aromatic nitrogens is 3. The number of fused-ring (bicyclic) bond motifs is 1. The Hall–Kier alpha value is -4.90. The number of para-hydroxylation sites is 1. The molecule has 0 bridgehead atoms. The summed E-state index contributed by atoms with van der Waals surface area (Å²) >= 11 is 0. The minimum atomic E-state index is -0.502. The van der Waals surface area contributed by atoms with E-state index in [4.69, 9.17) is 14.5 Å². The van der Waals surface area contributed by atoms with E-state index in [2.05, 4.69) is 32.1 Å². The van der Waals surface area contributed by atoms with Crippen molar-refractivity contribution in [1.82, 2.24) is 19.9 Å². The van der Waals surface area contributed by atoms with Crippen LogP contribution in [0, 0.1) is 5.92 Å². The van der Waals surface area contributed by atoms with Gasteiger partial charge in [0.05, 0.1) is 36.5 Å². The molecule has 4 aromatic rings. The highest BCUT2D eigenvalue weighted by Crippen LogP contribution is 2.38. The number of aromatic amines is 1. The molecule has 0 saturated carbocycles. The highest BCUT2D eigenvalue weighted by Gasteiger charge is 2.22. The average Bonchev–Trinajstić information content (AvgIpc) is 3.42. The lowest BCUT2D eigenvalue weighted by Gasteiger charge is -2.26. The van der Waals surface area contributed by atoms with Crippen LogP contribution in [0.3, 0.4) is 0 Å². The van der Waals surface area contributed by atoms with Crippen molar-refractivity contribution in [3.05, 3.63) is 67.0 Å². The van der Waals surface area contributed by atoms with Crippen LogP contribution >= 0.6 is 0 Å². The van der Waals surface area contributed by atoms with Gasteiger partial charge in [-0.05, 0) is 38.2 Å². The molecule has 226 valence electrons. The van der Waals surface area contributed by atoms with Gasteiger partial charge in [0.1, 0.15) is 11.3 Å². The number of amides is 1. The normalized spacial score (nSPS) is 11.1. The van der Waals surface area contributed by atoms with Gasteiger partial charge in [-0.1, -0.05) is 38.6 Å². The van der Waals surface area contributed by atoms with E-state index >= 15 is 0 Å². The summed E-state index contributed by atoms with van der Waals surface area (Å²) in [5.74, 6) is 0.0725. The molecular weight excluding hydrogens is 546 g/mol. The van der Waals surface area contributed by atoms with Gasteiger partial charge in [-0.3, -0.25) is 4.79 Å². The number of carbonyl (C=O) groups is 2. The van der Waals surface area contributed by atoms with Crippen molar-refractivity contribution >= 4 is 45.8 Å². The number of benzene rings is 2. The van der Waals surface area contributed by atoms with Gasteiger partial charge in [-0.2, -0.15) is 0 Å². The van der Waals surface area contributed by atoms with Crippen LogP contribution in [-0.2, 0) is 9.53 Å². The predicted octanol–water partition coefficient (Wildman–Crippen LogP) is 5.31. The largest absolute Gasteiger partial charge is 0.494 e. The number of anilines is 4. The minimum absolute atomic E-state index is 0.176. The number of hydrogen-bond donors (Lipinski definition) is 3. The Labute approximate surface area is 251 Å². The number of rotatable bonds is 13. The topological polar surface area (TPSA) is 125 Å². The molecule has 0 fully saturated rings. The molecule has 4 rings (SSSR count). The van der Waals surface area contributed by atoms with Crippen LogP contribution in [0.4, 0.5) is 23.0 Å². The Morgan fingerprint density at radius 1 is 1.12 bits per heavy atom. The van der Waals surface area contributed by atoms with Gasteiger partial charge in [0.2, 0.25) is 11.9 Å². The molecule has 2 aromatic heterocycles. The first-order valence-corrected chi connectivity index (χ1v) is 14.0. The third-order valence-corrected chi connectivity index (χ3v) is 6.70. The summed E-state index contributed by atoms with van der Waals surface area (Å²) in [6, 6.07) is 11.4. The fourth-order valence-electron chi connectivity index (χ4n) is 4.41. The molecule has 1 amide bonds. The molecule has 43 heavy (non-hydrogen) atoms. The van der Waals surface area contributed by atoms with Crippen molar-refractivity contribution in [3.8, 4) is 17.0 Å². The van der Waals surface area contributed by atoms with E-state index in [-0.39, 0.29) is 29.9 Å². The maximum Gasteiger partial charge on any atom is 0.341 e. The maximum atomic E-state index is 13.1. The summed E-state index contributed by atoms with van der Waals surface area (Å²) in [6.07, 6.45) is 4.50. The first-order valence-electron chi connectivity index (χ1n) is 14.0. The first kappa shape index (κ1) is 31.0. The van der Waals surface area contributed by atoms with E-state index in [9.17, 15) is 9.59 Å². The second kappa shape index (κ2) is 13.8. The third kappa shape index (κ3) is 7.49. The molecule has 0 aliphatic carbocycles. The van der Waals surface area contributed by atoms with Crippen LogP contribution < -0.4 is 20.3 Å². The van der Waals surface area contributed by atoms with Crippen molar-refractivity contribution in [2.24, 2.45) is 5.92 Å². The number of ether oxygens (including phenoxy) is 2. The Morgan fingerprint density at radius 2 is 1.88 bits per heavy atom. The molecule has 0 saturated heterocycles. The molecule has 0 radical (unpaired) electrons. The second-order valence-corrected chi connectivity index (χ2v) is 10.8. The summed E-state index contributed by atoms with van der Waals surface area (Å²) < 4.78 is 11.3. The van der Waals surface area contributed by atoms with Gasteiger partial charge >= 0.3 is 5.97 Å². The fourth-order valence-corrected chi connectivity index (χ4v) is 4.41. The summed E-state index contributed by atoms with van der Waals surface area (Å²) in [5.41, 5.74) is 4.16.